The van der Waals surface area contributed by atoms with E-state index in [-0.39, 0.29) is 21.7 Å². The number of sulfonamides is 1. The predicted octanol–water partition coefficient (Wildman–Crippen LogP) is 3.87. The number of nitrogens with zero attached hydrogens (tertiary/aromatic N) is 2. The van der Waals surface area contributed by atoms with E-state index in [1.54, 1.807) is 24.3 Å². The molecule has 3 N–H and O–H groups in total. The molecule has 3 aromatic carbocycles. The molecule has 0 atom stereocenters. The zero-order chi connectivity index (χ0) is 28.4. The number of amides is 1. The Morgan fingerprint density at radius 1 is 0.850 bits per heavy atom. The van der Waals surface area contributed by atoms with Crippen LogP contribution in [0.15, 0.2) is 96.2 Å². The minimum absolute atomic E-state index is 0.0188. The van der Waals surface area contributed by atoms with E-state index in [1.807, 2.05) is 30.3 Å². The Balaban J connectivity index is 1.25. The Morgan fingerprint density at radius 3 is 2.12 bits per heavy atom. The van der Waals surface area contributed by atoms with Crippen molar-refractivity contribution in [2.24, 2.45) is 0 Å². The van der Waals surface area contributed by atoms with Crippen LogP contribution in [0.25, 0.3) is 0 Å². The molecule has 0 radical (unpaired) electrons. The summed E-state index contributed by atoms with van der Waals surface area (Å²) in [7, 11) is -2.59. The van der Waals surface area contributed by atoms with Crippen LogP contribution in [0.3, 0.4) is 0 Å². The average molecular weight is 580 g/mol. The van der Waals surface area contributed by atoms with Crippen molar-refractivity contribution in [2.75, 3.05) is 30.4 Å². The van der Waals surface area contributed by atoms with E-state index in [1.165, 1.54) is 43.8 Å². The number of hydrogen-bond donors (Lipinski definition) is 3. The number of rotatable bonds is 11. The van der Waals surface area contributed by atoms with Gasteiger partial charge >= 0.3 is 0 Å². The van der Waals surface area contributed by atoms with Crippen LogP contribution in [0.4, 0.5) is 11.5 Å². The molecule has 206 valence electrons. The van der Waals surface area contributed by atoms with Gasteiger partial charge in [-0.1, -0.05) is 18.2 Å². The molecule has 1 heterocycles. The maximum absolute atomic E-state index is 12.7. The number of anilines is 2. The van der Waals surface area contributed by atoms with Gasteiger partial charge < -0.3 is 19.5 Å². The van der Waals surface area contributed by atoms with Crippen LogP contribution >= 0.6 is 12.2 Å². The van der Waals surface area contributed by atoms with Gasteiger partial charge in [-0.3, -0.25) is 14.8 Å². The minimum atomic E-state index is -3.95. The molecule has 0 aliphatic heterocycles. The molecule has 4 rings (SSSR count). The van der Waals surface area contributed by atoms with Crippen molar-refractivity contribution in [3.63, 3.8) is 0 Å². The molecule has 40 heavy (non-hydrogen) atoms. The largest absolute Gasteiger partial charge is 0.490 e. The molecule has 11 nitrogen and oxygen atoms in total. The number of nitrogens with one attached hydrogen (secondary N) is 3. The van der Waals surface area contributed by atoms with Gasteiger partial charge in [-0.05, 0) is 72.9 Å². The van der Waals surface area contributed by atoms with E-state index >= 15 is 0 Å². The lowest BCUT2D eigenvalue weighted by atomic mass is 10.2. The second kappa shape index (κ2) is 13.4. The van der Waals surface area contributed by atoms with E-state index in [4.69, 9.17) is 26.4 Å². The molecule has 0 bridgehead atoms. The SMILES string of the molecule is COc1nccnc1NS(=O)(=O)c1ccc(NC(=S)NC(=O)c2ccc(OCCOc3ccccc3)cc2)cc1. The highest BCUT2D eigenvalue weighted by Gasteiger charge is 2.18. The van der Waals surface area contributed by atoms with Gasteiger partial charge in [0.15, 0.2) is 5.11 Å². The van der Waals surface area contributed by atoms with E-state index in [0.717, 1.165) is 5.75 Å². The van der Waals surface area contributed by atoms with Gasteiger partial charge in [-0.15, -0.1) is 0 Å². The zero-order valence-corrected chi connectivity index (χ0v) is 22.9. The van der Waals surface area contributed by atoms with Crippen LogP contribution in [0, 0.1) is 0 Å². The third kappa shape index (κ3) is 7.88. The number of aromatic nitrogens is 2. The van der Waals surface area contributed by atoms with Crippen molar-refractivity contribution in [1.29, 1.82) is 0 Å². The van der Waals surface area contributed by atoms with Crippen molar-refractivity contribution in [3.8, 4) is 17.4 Å². The topological polar surface area (TPSA) is 141 Å². The highest BCUT2D eigenvalue weighted by atomic mass is 32.2. The van der Waals surface area contributed by atoms with E-state index in [0.29, 0.717) is 30.2 Å². The lowest BCUT2D eigenvalue weighted by Crippen LogP contribution is -2.34. The summed E-state index contributed by atoms with van der Waals surface area (Å²) in [5, 5.41) is 5.48. The molecule has 0 spiro atoms. The summed E-state index contributed by atoms with van der Waals surface area (Å²) in [5.74, 6) is 0.947. The lowest BCUT2D eigenvalue weighted by Gasteiger charge is -2.12. The van der Waals surface area contributed by atoms with Crippen LogP contribution in [-0.2, 0) is 10.0 Å². The van der Waals surface area contributed by atoms with E-state index in [9.17, 15) is 13.2 Å². The van der Waals surface area contributed by atoms with Gasteiger partial charge in [0.05, 0.1) is 12.0 Å². The molecule has 4 aromatic rings. The molecule has 0 aliphatic rings. The first-order chi connectivity index (χ1) is 19.3. The average Bonchev–Trinajstić information content (AvgIpc) is 2.96. The Morgan fingerprint density at radius 2 is 1.48 bits per heavy atom. The van der Waals surface area contributed by atoms with Crippen LogP contribution < -0.4 is 29.6 Å². The van der Waals surface area contributed by atoms with Gasteiger partial charge in [-0.25, -0.2) is 18.4 Å². The fraction of sp³-hybridized carbons (Fsp3) is 0.111. The smallest absolute Gasteiger partial charge is 0.263 e. The zero-order valence-electron chi connectivity index (χ0n) is 21.2. The third-order valence-corrected chi connectivity index (χ3v) is 6.78. The number of benzene rings is 3. The minimum Gasteiger partial charge on any atom is -0.490 e. The molecule has 1 amide bonds. The van der Waals surface area contributed by atoms with Crippen molar-refractivity contribution in [2.45, 2.75) is 4.90 Å². The number of methoxy groups -OCH3 is 1. The summed E-state index contributed by atoms with van der Waals surface area (Å²) in [4.78, 5) is 20.4. The van der Waals surface area contributed by atoms with Crippen molar-refractivity contribution in [1.82, 2.24) is 15.3 Å². The van der Waals surface area contributed by atoms with Gasteiger partial charge in [0.2, 0.25) is 5.82 Å². The maximum atomic E-state index is 12.7. The molecule has 0 saturated heterocycles. The van der Waals surface area contributed by atoms with Crippen LogP contribution in [0.1, 0.15) is 10.4 Å². The summed E-state index contributed by atoms with van der Waals surface area (Å²) in [6.07, 6.45) is 2.72. The second-order valence-corrected chi connectivity index (χ2v) is 10.1. The molecule has 0 aliphatic carbocycles. The number of thiocarbonyl (C=S) groups is 1. The Kier molecular flexibility index (Phi) is 9.44. The molecule has 0 unspecified atom stereocenters. The summed E-state index contributed by atoms with van der Waals surface area (Å²) in [6.45, 7) is 0.727. The first-order valence-corrected chi connectivity index (χ1v) is 13.7. The normalized spacial score (nSPS) is 10.7. The molecule has 0 saturated carbocycles. The first-order valence-electron chi connectivity index (χ1n) is 11.8. The van der Waals surface area contributed by atoms with Crippen LogP contribution in [-0.4, -0.2) is 49.7 Å². The molecular weight excluding hydrogens is 554 g/mol. The number of ether oxygens (including phenoxy) is 3. The first kappa shape index (κ1) is 28.3. The van der Waals surface area contributed by atoms with Crippen molar-refractivity contribution >= 4 is 44.8 Å². The van der Waals surface area contributed by atoms with Gasteiger partial charge in [0.25, 0.3) is 21.8 Å². The highest BCUT2D eigenvalue weighted by molar-refractivity contribution is 7.92. The molecule has 0 fully saturated rings. The van der Waals surface area contributed by atoms with Crippen molar-refractivity contribution in [3.05, 3.63) is 96.8 Å². The fourth-order valence-electron chi connectivity index (χ4n) is 3.32. The fourth-order valence-corrected chi connectivity index (χ4v) is 4.54. The predicted molar refractivity (Wildman–Crippen MR) is 153 cm³/mol. The summed E-state index contributed by atoms with van der Waals surface area (Å²) < 4.78 is 44.0. The van der Waals surface area contributed by atoms with Gasteiger partial charge in [0, 0.05) is 23.6 Å². The second-order valence-electron chi connectivity index (χ2n) is 7.99. The third-order valence-electron chi connectivity index (χ3n) is 5.22. The van der Waals surface area contributed by atoms with Gasteiger partial charge in [0.1, 0.15) is 24.7 Å². The Labute approximate surface area is 236 Å². The Hall–Kier alpha value is -4.75. The number of para-hydroxylation sites is 1. The monoisotopic (exact) mass is 579 g/mol. The van der Waals surface area contributed by atoms with Crippen LogP contribution in [0.2, 0.25) is 0 Å². The molecule has 1 aromatic heterocycles. The summed E-state index contributed by atoms with van der Waals surface area (Å²) in [5.41, 5.74) is 0.854. The maximum Gasteiger partial charge on any atom is 0.263 e. The number of carbonyl (C=O) groups is 1. The van der Waals surface area contributed by atoms with E-state index in [2.05, 4.69) is 25.3 Å². The quantitative estimate of drug-likeness (QED) is 0.177. The highest BCUT2D eigenvalue weighted by Crippen LogP contribution is 2.22. The molecular formula is C27H25N5O6S2. The summed E-state index contributed by atoms with van der Waals surface area (Å²) >= 11 is 5.23. The van der Waals surface area contributed by atoms with Gasteiger partial charge in [-0.2, -0.15) is 0 Å². The van der Waals surface area contributed by atoms with E-state index < -0.39 is 15.9 Å². The lowest BCUT2D eigenvalue weighted by molar-refractivity contribution is 0.0977. The van der Waals surface area contributed by atoms with Crippen molar-refractivity contribution < 1.29 is 27.4 Å². The van der Waals surface area contributed by atoms with Crippen LogP contribution in [0.5, 0.6) is 17.4 Å². The number of carbonyl (C=O) groups excluding carboxylic acids is 1. The number of hydrogen-bond acceptors (Lipinski definition) is 9. The summed E-state index contributed by atoms with van der Waals surface area (Å²) in [6, 6.07) is 21.8. The Bertz CT molecular complexity index is 1550. The molecule has 13 heteroatoms. The standard InChI is InChI=1S/C27H25N5O6S2/c1-36-26-24(28-15-16-29-26)32-40(34,35)23-13-9-20(10-14-23)30-27(39)31-25(33)19-7-11-22(12-8-19)38-18-17-37-21-5-3-2-4-6-21/h2-16H,17-18H2,1H3,(H,28,32)(H2,30,31,33,39).